The van der Waals surface area contributed by atoms with Crippen LogP contribution in [-0.4, -0.2) is 92.3 Å². The van der Waals surface area contributed by atoms with Crippen LogP contribution in [0.5, 0.6) is 0 Å². The van der Waals surface area contributed by atoms with Crippen molar-refractivity contribution in [2.45, 2.75) is 113 Å². The largest absolute Gasteiger partial charge is 0.494 e. The van der Waals surface area contributed by atoms with Crippen LogP contribution in [0.4, 0.5) is 46.8 Å². The zero-order valence-corrected chi connectivity index (χ0v) is 48.5. The third kappa shape index (κ3) is 13.8. The molecule has 18 nitrogen and oxygen atoms in total. The molecule has 442 valence electrons. The summed E-state index contributed by atoms with van der Waals surface area (Å²) >= 11 is 15.3. The topological polar surface area (TPSA) is 216 Å². The van der Waals surface area contributed by atoms with E-state index in [0.717, 1.165) is 33.6 Å². The summed E-state index contributed by atoms with van der Waals surface area (Å²) in [5.74, 6) is -2.27. The van der Waals surface area contributed by atoms with E-state index in [1.54, 1.807) is 59.5 Å². The maximum absolute atomic E-state index is 14.7. The van der Waals surface area contributed by atoms with Gasteiger partial charge in [0.25, 0.3) is 0 Å². The predicted octanol–water partition coefficient (Wildman–Crippen LogP) is 11.1. The average molecular weight is 1280 g/mol. The first-order chi connectivity index (χ1) is 39.4. The fourth-order valence-corrected chi connectivity index (χ4v) is 9.43. The number of aryl methyl sites for hydroxylation is 2. The molecule has 0 spiro atoms. The van der Waals surface area contributed by atoms with Crippen molar-refractivity contribution in [3.05, 3.63) is 158 Å². The molecule has 7 heterocycles. The number of rotatable bonds is 14. The Balaban J connectivity index is 0.000000164. The van der Waals surface area contributed by atoms with E-state index in [9.17, 15) is 44.7 Å². The Morgan fingerprint density at radius 3 is 1.42 bits per heavy atom. The van der Waals surface area contributed by atoms with E-state index in [1.165, 1.54) is 24.3 Å². The van der Waals surface area contributed by atoms with E-state index < -0.39 is 65.0 Å². The first-order valence-corrected chi connectivity index (χ1v) is 27.2. The van der Waals surface area contributed by atoms with Gasteiger partial charge in [0, 0.05) is 92.9 Å². The van der Waals surface area contributed by atoms with Crippen molar-refractivity contribution in [1.82, 2.24) is 49.8 Å². The van der Waals surface area contributed by atoms with Crippen molar-refractivity contribution in [2.75, 3.05) is 10.6 Å². The molecular weight excluding hydrogens is 1230 g/mol. The van der Waals surface area contributed by atoms with Gasteiger partial charge in [-0.15, -0.1) is 0 Å². The van der Waals surface area contributed by atoms with Crippen LogP contribution in [0, 0.1) is 11.6 Å². The highest BCUT2D eigenvalue weighted by atomic mass is 79.9. The fourth-order valence-electron chi connectivity index (χ4n) is 8.76. The van der Waals surface area contributed by atoms with Gasteiger partial charge in [0.1, 0.15) is 34.1 Å². The van der Waals surface area contributed by atoms with Crippen LogP contribution >= 0.6 is 39.1 Å². The van der Waals surface area contributed by atoms with E-state index >= 15 is 0 Å². The quantitative estimate of drug-likeness (QED) is 0.0765. The predicted molar refractivity (Wildman–Crippen MR) is 293 cm³/mol. The summed E-state index contributed by atoms with van der Waals surface area (Å²) < 4.78 is 134. The molecule has 0 radical (unpaired) electrons. The summed E-state index contributed by atoms with van der Waals surface area (Å²) in [4.78, 5) is 41.6. The number of carbonyl (C=O) groups is 2. The lowest BCUT2D eigenvalue weighted by Crippen LogP contribution is -2.41. The van der Waals surface area contributed by atoms with Crippen LogP contribution in [0.25, 0.3) is 11.1 Å². The van der Waals surface area contributed by atoms with Crippen LogP contribution < -0.4 is 16.1 Å². The van der Waals surface area contributed by atoms with Crippen molar-refractivity contribution >= 4 is 75.2 Å². The number of hydrogen-bond donors (Lipinski definition) is 2. The number of alkyl halides is 6. The minimum Gasteiger partial charge on any atom is -0.399 e. The monoisotopic (exact) mass is 1270 g/mol. The van der Waals surface area contributed by atoms with Crippen LogP contribution in [0.2, 0.25) is 10.3 Å². The average Bonchev–Trinajstić information content (AvgIpc) is 2.30. The summed E-state index contributed by atoms with van der Waals surface area (Å²) in [6, 6.07) is 10.8. The van der Waals surface area contributed by atoms with Crippen molar-refractivity contribution in [1.29, 1.82) is 0 Å². The van der Waals surface area contributed by atoms with Gasteiger partial charge in [-0.2, -0.15) is 36.5 Å². The second-order valence-corrected chi connectivity index (χ2v) is 22.9. The Morgan fingerprint density at radius 2 is 1.04 bits per heavy atom. The van der Waals surface area contributed by atoms with Gasteiger partial charge in [-0.05, 0) is 104 Å². The summed E-state index contributed by atoms with van der Waals surface area (Å²) in [6.07, 6.45) is 1.23. The molecule has 11 rings (SSSR count). The molecule has 2 N–H and O–H groups in total. The van der Waals surface area contributed by atoms with Gasteiger partial charge < -0.3 is 29.0 Å². The van der Waals surface area contributed by atoms with Gasteiger partial charge in [0.05, 0.1) is 28.5 Å². The van der Waals surface area contributed by atoms with Crippen molar-refractivity contribution < 1.29 is 63.1 Å². The molecule has 3 fully saturated rings. The summed E-state index contributed by atoms with van der Waals surface area (Å²) in [6.45, 7) is 7.54. The molecule has 2 amide bonds. The molecule has 3 aliphatic rings. The van der Waals surface area contributed by atoms with Crippen molar-refractivity contribution in [3.63, 3.8) is 0 Å². The Hall–Kier alpha value is -7.14. The van der Waals surface area contributed by atoms with E-state index in [0.29, 0.717) is 45.6 Å². The van der Waals surface area contributed by atoms with Gasteiger partial charge in [-0.25, -0.2) is 28.7 Å². The standard InChI is InChI=1S/C24H19ClF4N6O2.C21H23BF4N2O4.C9H8BrClN4/c1-35-12-15(22(25)33-35)7-19-30-10-16(11-31-19)13-2-3-14(17(26)6-13)8-21(36)32-20-9-18(37-34-20)23(4-5-23)24(27,28)29;1-18(2)19(3,4)32-22(31-18)13-6-5-12(14(23)10-13)9-17(29)27-16-11-15(30-28-16)20(7-8-20)21(24,25)26;1-15-5-6(9(11)14-15)2-8-12-3-7(10)4-13-8/h2-3,6,9-12H,4-5,7-8H2,1H3,(H,32,34,36);5-6,10-11H,7-9H2,1-4H3,(H,27,28,29);3-5H,2H2,1H3. The van der Waals surface area contributed by atoms with Crippen molar-refractivity contribution in [2.24, 2.45) is 14.1 Å². The number of hydrogen-bond acceptors (Lipinski definition) is 14. The second-order valence-electron chi connectivity index (χ2n) is 21.3. The molecule has 2 aromatic carbocycles. The molecule has 84 heavy (non-hydrogen) atoms. The summed E-state index contributed by atoms with van der Waals surface area (Å²) in [5, 5.41) is 20.7. The Kier molecular flexibility index (Phi) is 17.4. The fraction of sp³-hybridized carbons (Fsp3) is 0.370. The molecule has 0 unspecified atom stereocenters. The van der Waals surface area contributed by atoms with Crippen LogP contribution in [0.3, 0.4) is 0 Å². The second kappa shape index (κ2) is 23.7. The minimum absolute atomic E-state index is 0.0839. The van der Waals surface area contributed by atoms with Gasteiger partial charge >= 0.3 is 19.5 Å². The van der Waals surface area contributed by atoms with Crippen molar-refractivity contribution in [3.8, 4) is 11.1 Å². The number of aromatic nitrogens is 10. The van der Waals surface area contributed by atoms with Crippen LogP contribution in [0.15, 0.2) is 99.2 Å². The number of benzene rings is 2. The number of carbonyl (C=O) groups excluding carboxylic acids is 2. The zero-order valence-electron chi connectivity index (χ0n) is 45.4. The van der Waals surface area contributed by atoms with E-state index in [4.69, 9.17) is 41.6 Å². The number of anilines is 2. The number of nitrogens with one attached hydrogen (secondary N) is 2. The highest BCUT2D eigenvalue weighted by molar-refractivity contribution is 9.10. The molecule has 1 saturated heterocycles. The highest BCUT2D eigenvalue weighted by Crippen LogP contribution is 2.60. The minimum atomic E-state index is -4.46. The smallest absolute Gasteiger partial charge is 0.399 e. The van der Waals surface area contributed by atoms with Gasteiger partial charge in [0.15, 0.2) is 33.5 Å². The lowest BCUT2D eigenvalue weighted by atomic mass is 9.78. The Morgan fingerprint density at radius 1 is 0.619 bits per heavy atom. The number of amides is 2. The van der Waals surface area contributed by atoms with Gasteiger partial charge in [-0.1, -0.05) is 57.8 Å². The number of halogens is 11. The Bertz CT molecular complexity index is 3680. The Labute approximate surface area is 492 Å². The molecule has 30 heteroatoms. The first-order valence-electron chi connectivity index (χ1n) is 25.7. The highest BCUT2D eigenvalue weighted by Gasteiger charge is 2.68. The third-order valence-electron chi connectivity index (χ3n) is 14.6. The lowest BCUT2D eigenvalue weighted by Gasteiger charge is -2.32. The van der Waals surface area contributed by atoms with Gasteiger partial charge in [0.2, 0.25) is 11.8 Å². The molecule has 2 saturated carbocycles. The maximum Gasteiger partial charge on any atom is 0.494 e. The molecule has 6 aromatic heterocycles. The lowest BCUT2D eigenvalue weighted by molar-refractivity contribution is -0.166. The van der Waals surface area contributed by atoms with E-state index in [1.807, 2.05) is 40.9 Å². The molecule has 2 aliphatic carbocycles. The molecular formula is C54H50BBrCl2F8N12O6. The summed E-state index contributed by atoms with van der Waals surface area (Å²) in [7, 11) is 2.85. The SMILES string of the molecule is CC1(C)OB(c2ccc(CC(=O)Nc3cc(C4(C(F)(F)F)CC4)on3)c(F)c2)OC1(C)C.Cn1cc(Cc2ncc(-c3ccc(CC(=O)Nc4cc(C5(C(F)(F)F)CC5)on4)c(F)c3)cn2)c(Cl)n1.Cn1cc(Cc2ncc(Br)cn2)c(Cl)n1. The molecule has 0 atom stereocenters. The first kappa shape index (κ1) is 61.4. The summed E-state index contributed by atoms with van der Waals surface area (Å²) in [5.41, 5.74) is -1.74. The third-order valence-corrected chi connectivity index (χ3v) is 15.6. The normalized spacial score (nSPS) is 16.3. The molecule has 1 aliphatic heterocycles. The maximum atomic E-state index is 14.7. The van der Waals surface area contributed by atoms with Gasteiger partial charge in [-0.3, -0.25) is 19.0 Å². The van der Waals surface area contributed by atoms with Crippen LogP contribution in [0.1, 0.15) is 98.8 Å². The van der Waals surface area contributed by atoms with E-state index in [-0.39, 0.29) is 72.8 Å². The van der Waals surface area contributed by atoms with Crippen LogP contribution in [-0.2, 0) is 69.5 Å². The zero-order chi connectivity index (χ0) is 60.7. The molecule has 8 aromatic rings. The number of nitrogens with zero attached hydrogens (tertiary/aromatic N) is 10. The molecule has 0 bridgehead atoms. The van der Waals surface area contributed by atoms with E-state index in [2.05, 4.69) is 67.0 Å².